The molecule has 4 heteroatoms. The van der Waals surface area contributed by atoms with Gasteiger partial charge in [0.25, 0.3) is 0 Å². The zero-order valence-corrected chi connectivity index (χ0v) is 9.04. The van der Waals surface area contributed by atoms with E-state index < -0.39 is 5.97 Å². The average molecular weight is 228 g/mol. The minimum absolute atomic E-state index is 0. The van der Waals surface area contributed by atoms with E-state index in [0.29, 0.717) is 6.54 Å². The Hall–Kier alpha value is -1.06. The van der Waals surface area contributed by atoms with E-state index in [9.17, 15) is 4.79 Å². The number of hydrogen-bond acceptors (Lipinski definition) is 2. The smallest absolute Gasteiger partial charge is 0.308 e. The first kappa shape index (κ1) is 12.0. The Bertz CT molecular complexity index is 329. The average Bonchev–Trinajstić information content (AvgIpc) is 2.67. The fraction of sp³-hybridized carbons (Fsp3) is 0.364. The molecule has 0 aromatic heterocycles. The van der Waals surface area contributed by atoms with Gasteiger partial charge in [0, 0.05) is 19.0 Å². The standard InChI is InChI=1S/C11H13NO2.ClH/c13-11(14)10-7-12-6-9(10)8-4-2-1-3-5-8;/h1-5,9-10,12H,6-7H2,(H,13,14);1H/t9-,10+;/m1./s1. The molecule has 15 heavy (non-hydrogen) atoms. The summed E-state index contributed by atoms with van der Waals surface area (Å²) in [5.41, 5.74) is 1.12. The number of aliphatic carboxylic acids is 1. The summed E-state index contributed by atoms with van der Waals surface area (Å²) in [5.74, 6) is -0.866. The van der Waals surface area contributed by atoms with Crippen LogP contribution in [0.2, 0.25) is 0 Å². The highest BCUT2D eigenvalue weighted by Crippen LogP contribution is 2.27. The summed E-state index contributed by atoms with van der Waals surface area (Å²) in [7, 11) is 0. The van der Waals surface area contributed by atoms with Gasteiger partial charge in [-0.05, 0) is 5.56 Å². The maximum absolute atomic E-state index is 10.9. The van der Waals surface area contributed by atoms with Crippen molar-refractivity contribution in [2.24, 2.45) is 5.92 Å². The van der Waals surface area contributed by atoms with Crippen molar-refractivity contribution in [1.82, 2.24) is 5.32 Å². The van der Waals surface area contributed by atoms with Crippen molar-refractivity contribution < 1.29 is 9.90 Å². The van der Waals surface area contributed by atoms with Gasteiger partial charge < -0.3 is 10.4 Å². The molecule has 0 bridgehead atoms. The highest BCUT2D eigenvalue weighted by molar-refractivity contribution is 5.85. The lowest BCUT2D eigenvalue weighted by Gasteiger charge is -2.14. The highest BCUT2D eigenvalue weighted by atomic mass is 35.5. The first-order chi connectivity index (χ1) is 6.79. The van der Waals surface area contributed by atoms with Gasteiger partial charge in [0.15, 0.2) is 0 Å². The van der Waals surface area contributed by atoms with E-state index in [1.165, 1.54) is 0 Å². The molecule has 3 nitrogen and oxygen atoms in total. The van der Waals surface area contributed by atoms with Gasteiger partial charge in [0.05, 0.1) is 5.92 Å². The minimum atomic E-state index is -0.705. The molecule has 2 rings (SSSR count). The van der Waals surface area contributed by atoms with E-state index in [1.54, 1.807) is 0 Å². The third-order valence-corrected chi connectivity index (χ3v) is 2.76. The largest absolute Gasteiger partial charge is 0.481 e. The number of carboxylic acids is 1. The number of carboxylic acid groups (broad SMARTS) is 1. The molecule has 1 saturated heterocycles. The lowest BCUT2D eigenvalue weighted by Crippen LogP contribution is -2.20. The van der Waals surface area contributed by atoms with Gasteiger partial charge in [-0.3, -0.25) is 4.79 Å². The fourth-order valence-electron chi connectivity index (χ4n) is 1.99. The minimum Gasteiger partial charge on any atom is -0.481 e. The number of hydrogen-bond donors (Lipinski definition) is 2. The van der Waals surface area contributed by atoms with Gasteiger partial charge in [-0.2, -0.15) is 0 Å². The van der Waals surface area contributed by atoms with Crippen LogP contribution in [0.5, 0.6) is 0 Å². The molecule has 1 heterocycles. The van der Waals surface area contributed by atoms with E-state index in [4.69, 9.17) is 5.11 Å². The van der Waals surface area contributed by atoms with Crippen molar-refractivity contribution in [1.29, 1.82) is 0 Å². The molecule has 0 amide bonds. The Morgan fingerprint density at radius 3 is 2.53 bits per heavy atom. The Kier molecular flexibility index (Phi) is 4.12. The second-order valence-electron chi connectivity index (χ2n) is 3.62. The van der Waals surface area contributed by atoms with Crippen molar-refractivity contribution >= 4 is 18.4 Å². The van der Waals surface area contributed by atoms with Crippen LogP contribution in [0.1, 0.15) is 11.5 Å². The van der Waals surface area contributed by atoms with E-state index in [-0.39, 0.29) is 24.2 Å². The van der Waals surface area contributed by atoms with Crippen LogP contribution in [0.4, 0.5) is 0 Å². The lowest BCUT2D eigenvalue weighted by atomic mass is 9.89. The summed E-state index contributed by atoms with van der Waals surface area (Å²) in [6.07, 6.45) is 0. The molecule has 1 aliphatic heterocycles. The molecule has 82 valence electrons. The SMILES string of the molecule is Cl.O=C(O)[C@H]1CNC[C@@H]1c1ccccc1. The molecule has 0 aliphatic carbocycles. The third-order valence-electron chi connectivity index (χ3n) is 2.76. The van der Waals surface area contributed by atoms with Crippen molar-refractivity contribution in [3.63, 3.8) is 0 Å². The van der Waals surface area contributed by atoms with Crippen LogP contribution in [0.25, 0.3) is 0 Å². The quantitative estimate of drug-likeness (QED) is 0.805. The molecule has 0 unspecified atom stereocenters. The number of halogens is 1. The summed E-state index contributed by atoms with van der Waals surface area (Å²) >= 11 is 0. The molecule has 0 radical (unpaired) electrons. The van der Waals surface area contributed by atoms with Crippen molar-refractivity contribution in [3.8, 4) is 0 Å². The van der Waals surface area contributed by atoms with Crippen LogP contribution in [0.3, 0.4) is 0 Å². The molecular formula is C11H14ClNO2. The zero-order valence-electron chi connectivity index (χ0n) is 8.22. The normalized spacial score (nSPS) is 24.5. The van der Waals surface area contributed by atoms with Crippen LogP contribution in [0.15, 0.2) is 30.3 Å². The third kappa shape index (κ3) is 2.49. The Morgan fingerprint density at radius 2 is 1.93 bits per heavy atom. The molecule has 1 aromatic rings. The van der Waals surface area contributed by atoms with Gasteiger partial charge in [-0.15, -0.1) is 12.4 Å². The fourth-order valence-corrected chi connectivity index (χ4v) is 1.99. The maximum atomic E-state index is 10.9. The van der Waals surface area contributed by atoms with Crippen LogP contribution < -0.4 is 5.32 Å². The second kappa shape index (κ2) is 5.14. The van der Waals surface area contributed by atoms with Crippen LogP contribution in [0, 0.1) is 5.92 Å². The highest BCUT2D eigenvalue weighted by Gasteiger charge is 2.33. The summed E-state index contributed by atoms with van der Waals surface area (Å²) in [6.45, 7) is 1.34. The molecule has 2 atom stereocenters. The summed E-state index contributed by atoms with van der Waals surface area (Å²) in [6, 6.07) is 9.84. The molecule has 1 aromatic carbocycles. The van der Waals surface area contributed by atoms with Gasteiger partial charge in [-0.1, -0.05) is 30.3 Å². The topological polar surface area (TPSA) is 49.3 Å². The van der Waals surface area contributed by atoms with Crippen molar-refractivity contribution in [3.05, 3.63) is 35.9 Å². The van der Waals surface area contributed by atoms with Crippen LogP contribution in [-0.4, -0.2) is 24.2 Å². The first-order valence-electron chi connectivity index (χ1n) is 4.77. The predicted molar refractivity (Wildman–Crippen MR) is 60.4 cm³/mol. The second-order valence-corrected chi connectivity index (χ2v) is 3.62. The first-order valence-corrected chi connectivity index (χ1v) is 4.77. The van der Waals surface area contributed by atoms with Crippen LogP contribution >= 0.6 is 12.4 Å². The number of benzene rings is 1. The van der Waals surface area contributed by atoms with Crippen LogP contribution in [-0.2, 0) is 4.79 Å². The number of nitrogens with one attached hydrogen (secondary N) is 1. The maximum Gasteiger partial charge on any atom is 0.308 e. The molecule has 0 saturated carbocycles. The zero-order chi connectivity index (χ0) is 9.97. The van der Waals surface area contributed by atoms with Gasteiger partial charge in [-0.25, -0.2) is 0 Å². The Morgan fingerprint density at radius 1 is 1.27 bits per heavy atom. The molecule has 1 aliphatic rings. The lowest BCUT2D eigenvalue weighted by molar-refractivity contribution is -0.141. The van der Waals surface area contributed by atoms with E-state index in [1.807, 2.05) is 30.3 Å². The van der Waals surface area contributed by atoms with E-state index in [2.05, 4.69) is 5.32 Å². The van der Waals surface area contributed by atoms with Crippen molar-refractivity contribution in [2.75, 3.05) is 13.1 Å². The molecule has 0 spiro atoms. The number of rotatable bonds is 2. The monoisotopic (exact) mass is 227 g/mol. The summed E-state index contributed by atoms with van der Waals surface area (Å²) in [4.78, 5) is 10.9. The van der Waals surface area contributed by atoms with Gasteiger partial charge >= 0.3 is 5.97 Å². The van der Waals surface area contributed by atoms with Gasteiger partial charge in [0.2, 0.25) is 0 Å². The Labute approximate surface area is 94.9 Å². The molecule has 2 N–H and O–H groups in total. The summed E-state index contributed by atoms with van der Waals surface area (Å²) in [5, 5.41) is 12.1. The van der Waals surface area contributed by atoms with Crippen molar-refractivity contribution in [2.45, 2.75) is 5.92 Å². The Balaban J connectivity index is 0.00000112. The van der Waals surface area contributed by atoms with E-state index in [0.717, 1.165) is 12.1 Å². The molecule has 1 fully saturated rings. The number of carbonyl (C=O) groups is 1. The van der Waals surface area contributed by atoms with Gasteiger partial charge in [0.1, 0.15) is 0 Å². The predicted octanol–water partition coefficient (Wildman–Crippen LogP) is 1.50. The molecular weight excluding hydrogens is 214 g/mol. The van der Waals surface area contributed by atoms with E-state index >= 15 is 0 Å². The summed E-state index contributed by atoms with van der Waals surface area (Å²) < 4.78 is 0.